The highest BCUT2D eigenvalue weighted by atomic mass is 35.5. The Morgan fingerprint density at radius 1 is 1.35 bits per heavy atom. The predicted molar refractivity (Wildman–Crippen MR) is 72.0 cm³/mol. The van der Waals surface area contributed by atoms with Crippen molar-refractivity contribution in [1.29, 1.82) is 0 Å². The maximum Gasteiger partial charge on any atom is 0.122 e. The monoisotopic (exact) mass is 253 g/mol. The molecular weight excluding hydrogens is 234 g/mol. The van der Waals surface area contributed by atoms with Gasteiger partial charge in [-0.2, -0.15) is 0 Å². The highest BCUT2D eigenvalue weighted by Crippen LogP contribution is 2.43. The van der Waals surface area contributed by atoms with Crippen LogP contribution in [0.4, 0.5) is 0 Å². The largest absolute Gasteiger partial charge is 0.496 e. The lowest BCUT2D eigenvalue weighted by molar-refractivity contribution is 0.388. The average molecular weight is 254 g/mol. The molecule has 0 saturated heterocycles. The summed E-state index contributed by atoms with van der Waals surface area (Å²) in [7, 11) is 3.76. The zero-order valence-electron chi connectivity index (χ0n) is 10.7. The summed E-state index contributed by atoms with van der Waals surface area (Å²) >= 11 is 6.10. The van der Waals surface area contributed by atoms with Crippen molar-refractivity contribution < 1.29 is 4.74 Å². The van der Waals surface area contributed by atoms with E-state index in [0.29, 0.717) is 17.9 Å². The Bertz CT molecular complexity index is 394. The molecule has 1 fully saturated rings. The van der Waals surface area contributed by atoms with E-state index < -0.39 is 0 Å². The van der Waals surface area contributed by atoms with Gasteiger partial charge in [0, 0.05) is 11.1 Å². The third-order valence-electron chi connectivity index (χ3n) is 4.02. The van der Waals surface area contributed by atoms with Gasteiger partial charge in [-0.05, 0) is 55.5 Å². The van der Waals surface area contributed by atoms with Gasteiger partial charge >= 0.3 is 0 Å². The van der Waals surface area contributed by atoms with Gasteiger partial charge in [-0.25, -0.2) is 0 Å². The molecule has 0 aromatic heterocycles. The molecule has 0 aliphatic heterocycles. The van der Waals surface area contributed by atoms with Crippen LogP contribution < -0.4 is 10.1 Å². The summed E-state index contributed by atoms with van der Waals surface area (Å²) in [6.07, 6.45) is 2.42. The standard InChI is InChI=1S/C14H20ClNO/c1-9-11(5-6-13(9)16-2)12-8-10(15)4-7-14(12)17-3/h4,7-9,11,13,16H,5-6H2,1-3H3. The van der Waals surface area contributed by atoms with Crippen LogP contribution >= 0.6 is 11.6 Å². The molecule has 94 valence electrons. The lowest BCUT2D eigenvalue weighted by Crippen LogP contribution is -2.28. The Hall–Kier alpha value is -0.730. The van der Waals surface area contributed by atoms with Crippen LogP contribution in [0.5, 0.6) is 5.75 Å². The summed E-state index contributed by atoms with van der Waals surface area (Å²) < 4.78 is 5.45. The van der Waals surface area contributed by atoms with Gasteiger partial charge in [0.1, 0.15) is 5.75 Å². The van der Waals surface area contributed by atoms with Crippen molar-refractivity contribution in [2.45, 2.75) is 31.7 Å². The summed E-state index contributed by atoms with van der Waals surface area (Å²) in [6.45, 7) is 2.30. The van der Waals surface area contributed by atoms with Crippen LogP contribution in [-0.4, -0.2) is 20.2 Å². The lowest BCUT2D eigenvalue weighted by Gasteiger charge is -2.22. The number of halogens is 1. The van der Waals surface area contributed by atoms with Crippen LogP contribution in [0.2, 0.25) is 5.02 Å². The van der Waals surface area contributed by atoms with Crippen molar-refractivity contribution in [3.05, 3.63) is 28.8 Å². The molecule has 1 aromatic rings. The second-order valence-corrected chi connectivity index (χ2v) is 5.26. The quantitative estimate of drug-likeness (QED) is 0.891. The molecule has 17 heavy (non-hydrogen) atoms. The van der Waals surface area contributed by atoms with E-state index in [1.54, 1.807) is 7.11 Å². The van der Waals surface area contributed by atoms with E-state index >= 15 is 0 Å². The maximum absolute atomic E-state index is 6.10. The molecule has 1 saturated carbocycles. The molecule has 1 aliphatic carbocycles. The smallest absolute Gasteiger partial charge is 0.122 e. The number of rotatable bonds is 3. The van der Waals surface area contributed by atoms with Crippen molar-refractivity contribution in [2.24, 2.45) is 5.92 Å². The molecule has 1 aliphatic rings. The molecule has 2 rings (SSSR count). The number of benzene rings is 1. The van der Waals surface area contributed by atoms with Crippen molar-refractivity contribution in [2.75, 3.05) is 14.2 Å². The summed E-state index contributed by atoms with van der Waals surface area (Å²) in [5.41, 5.74) is 1.25. The van der Waals surface area contributed by atoms with E-state index in [1.165, 1.54) is 18.4 Å². The van der Waals surface area contributed by atoms with Crippen LogP contribution in [0.25, 0.3) is 0 Å². The van der Waals surface area contributed by atoms with E-state index in [2.05, 4.69) is 18.3 Å². The van der Waals surface area contributed by atoms with Crippen molar-refractivity contribution in [3.8, 4) is 5.75 Å². The molecule has 0 spiro atoms. The van der Waals surface area contributed by atoms with E-state index in [4.69, 9.17) is 16.3 Å². The number of methoxy groups -OCH3 is 1. The molecule has 3 atom stereocenters. The normalized spacial score (nSPS) is 28.4. The second kappa shape index (κ2) is 5.28. The minimum Gasteiger partial charge on any atom is -0.496 e. The minimum atomic E-state index is 0.543. The summed E-state index contributed by atoms with van der Waals surface area (Å²) in [5, 5.41) is 4.18. The summed E-state index contributed by atoms with van der Waals surface area (Å²) in [4.78, 5) is 0. The first-order chi connectivity index (χ1) is 8.17. The van der Waals surface area contributed by atoms with Gasteiger partial charge in [0.25, 0.3) is 0 Å². The molecule has 2 nitrogen and oxygen atoms in total. The topological polar surface area (TPSA) is 21.3 Å². The first-order valence-corrected chi connectivity index (χ1v) is 6.56. The Morgan fingerprint density at radius 3 is 2.71 bits per heavy atom. The van der Waals surface area contributed by atoms with Crippen LogP contribution in [0.1, 0.15) is 31.2 Å². The van der Waals surface area contributed by atoms with E-state index in [1.807, 2.05) is 19.2 Å². The highest BCUT2D eigenvalue weighted by Gasteiger charge is 2.34. The average Bonchev–Trinajstić information content (AvgIpc) is 2.70. The van der Waals surface area contributed by atoms with Crippen LogP contribution in [0.3, 0.4) is 0 Å². The first-order valence-electron chi connectivity index (χ1n) is 6.18. The van der Waals surface area contributed by atoms with E-state index in [0.717, 1.165) is 10.8 Å². The molecular formula is C14H20ClNO. The first kappa shape index (κ1) is 12.7. The Labute approximate surface area is 108 Å². The SMILES string of the molecule is CNC1CCC(c2cc(Cl)ccc2OC)C1C. The predicted octanol–water partition coefficient (Wildman–Crippen LogP) is 3.45. The number of hydrogen-bond donors (Lipinski definition) is 1. The molecule has 3 heteroatoms. The van der Waals surface area contributed by atoms with Crippen LogP contribution in [0, 0.1) is 5.92 Å². The van der Waals surface area contributed by atoms with Crippen molar-refractivity contribution >= 4 is 11.6 Å². The minimum absolute atomic E-state index is 0.543. The van der Waals surface area contributed by atoms with Gasteiger partial charge in [0.2, 0.25) is 0 Å². The van der Waals surface area contributed by atoms with Crippen molar-refractivity contribution in [3.63, 3.8) is 0 Å². The lowest BCUT2D eigenvalue weighted by atomic mass is 9.88. The molecule has 0 bridgehead atoms. The van der Waals surface area contributed by atoms with Gasteiger partial charge in [0.15, 0.2) is 0 Å². The fourth-order valence-corrected chi connectivity index (χ4v) is 3.19. The zero-order chi connectivity index (χ0) is 12.4. The van der Waals surface area contributed by atoms with E-state index in [-0.39, 0.29) is 0 Å². The fraction of sp³-hybridized carbons (Fsp3) is 0.571. The fourth-order valence-electron chi connectivity index (χ4n) is 3.01. The number of nitrogens with one attached hydrogen (secondary N) is 1. The molecule has 0 amide bonds. The van der Waals surface area contributed by atoms with Crippen LogP contribution in [-0.2, 0) is 0 Å². The Kier molecular flexibility index (Phi) is 3.95. The maximum atomic E-state index is 6.10. The molecule has 3 unspecified atom stereocenters. The summed E-state index contributed by atoms with van der Waals surface area (Å²) in [5.74, 6) is 2.12. The van der Waals surface area contributed by atoms with Gasteiger partial charge < -0.3 is 10.1 Å². The molecule has 0 radical (unpaired) electrons. The number of hydrogen-bond acceptors (Lipinski definition) is 2. The van der Waals surface area contributed by atoms with Gasteiger partial charge in [-0.1, -0.05) is 18.5 Å². The Balaban J connectivity index is 2.31. The Morgan fingerprint density at radius 2 is 2.12 bits per heavy atom. The highest BCUT2D eigenvalue weighted by molar-refractivity contribution is 6.30. The van der Waals surface area contributed by atoms with E-state index in [9.17, 15) is 0 Å². The van der Waals surface area contributed by atoms with Gasteiger partial charge in [-0.15, -0.1) is 0 Å². The molecule has 0 heterocycles. The third-order valence-corrected chi connectivity index (χ3v) is 4.26. The molecule has 1 N–H and O–H groups in total. The van der Waals surface area contributed by atoms with Gasteiger partial charge in [-0.3, -0.25) is 0 Å². The van der Waals surface area contributed by atoms with Gasteiger partial charge in [0.05, 0.1) is 7.11 Å². The van der Waals surface area contributed by atoms with Crippen LogP contribution in [0.15, 0.2) is 18.2 Å². The third kappa shape index (κ3) is 2.43. The van der Waals surface area contributed by atoms with Crippen molar-refractivity contribution in [1.82, 2.24) is 5.32 Å². The zero-order valence-corrected chi connectivity index (χ0v) is 11.4. The molecule has 1 aromatic carbocycles. The summed E-state index contributed by atoms with van der Waals surface area (Å²) in [6, 6.07) is 6.51. The number of ether oxygens (including phenoxy) is 1. The second-order valence-electron chi connectivity index (χ2n) is 4.82.